The van der Waals surface area contributed by atoms with Crippen molar-refractivity contribution in [3.8, 4) is 16.9 Å². The van der Waals surface area contributed by atoms with Gasteiger partial charge >= 0.3 is 0 Å². The molecule has 2 saturated heterocycles. The third-order valence-electron chi connectivity index (χ3n) is 6.26. The van der Waals surface area contributed by atoms with Crippen LogP contribution in [0, 0.1) is 11.8 Å². The number of hydrogen-bond donors (Lipinski definition) is 2. The molecule has 2 atom stereocenters. The first-order valence-electron chi connectivity index (χ1n) is 11.3. The molecule has 3 N–H and O–H groups in total. The van der Waals surface area contributed by atoms with Gasteiger partial charge in [-0.1, -0.05) is 6.07 Å². The van der Waals surface area contributed by atoms with E-state index in [-0.39, 0.29) is 30.1 Å². The summed E-state index contributed by atoms with van der Waals surface area (Å²) in [6.07, 6.45) is 4.17. The molecular formula is C24H29N3O5. The summed E-state index contributed by atoms with van der Waals surface area (Å²) in [5, 5.41) is 2.94. The van der Waals surface area contributed by atoms with E-state index in [1.54, 1.807) is 6.20 Å². The van der Waals surface area contributed by atoms with Crippen LogP contribution in [0.5, 0.6) is 5.75 Å². The van der Waals surface area contributed by atoms with Crippen molar-refractivity contribution in [2.24, 2.45) is 17.6 Å². The highest BCUT2D eigenvalue weighted by molar-refractivity contribution is 5.94. The highest BCUT2D eigenvalue weighted by atomic mass is 16.7. The molecule has 32 heavy (non-hydrogen) atoms. The molecule has 1 amide bonds. The fourth-order valence-corrected chi connectivity index (χ4v) is 4.35. The number of nitrogens with two attached hydrogens (primary N) is 1. The van der Waals surface area contributed by atoms with Gasteiger partial charge in [0.25, 0.3) is 0 Å². The van der Waals surface area contributed by atoms with Crippen molar-refractivity contribution < 1.29 is 23.7 Å². The minimum atomic E-state index is -0.249. The number of nitrogens with zero attached hydrogens (tertiary/aromatic N) is 1. The molecule has 0 unspecified atom stereocenters. The fraction of sp³-hybridized carbons (Fsp3) is 0.500. The zero-order chi connectivity index (χ0) is 21.9. The van der Waals surface area contributed by atoms with E-state index in [4.69, 9.17) is 24.7 Å². The molecule has 1 aromatic carbocycles. The predicted octanol–water partition coefficient (Wildman–Crippen LogP) is 2.71. The molecule has 2 aromatic rings. The zero-order valence-corrected chi connectivity index (χ0v) is 18.0. The molecule has 3 heterocycles. The van der Waals surface area contributed by atoms with E-state index >= 15 is 0 Å². The first-order valence-corrected chi connectivity index (χ1v) is 11.3. The van der Waals surface area contributed by atoms with Crippen LogP contribution >= 0.6 is 0 Å². The van der Waals surface area contributed by atoms with Gasteiger partial charge in [0.15, 0.2) is 6.29 Å². The molecule has 3 aliphatic rings. The topological polar surface area (TPSA) is 105 Å². The van der Waals surface area contributed by atoms with Gasteiger partial charge in [-0.3, -0.25) is 4.79 Å². The Hall–Kier alpha value is -2.52. The quantitative estimate of drug-likeness (QED) is 0.683. The molecule has 2 aliphatic heterocycles. The Labute approximate surface area is 187 Å². The van der Waals surface area contributed by atoms with Crippen LogP contribution in [-0.4, -0.2) is 49.7 Å². The van der Waals surface area contributed by atoms with Crippen molar-refractivity contribution in [3.63, 3.8) is 0 Å². The second-order valence-corrected chi connectivity index (χ2v) is 8.49. The lowest BCUT2D eigenvalue weighted by Gasteiger charge is -2.24. The molecule has 0 radical (unpaired) electrons. The largest absolute Gasteiger partial charge is 0.490 e. The minimum absolute atomic E-state index is 0.0402. The standard InChI is InChI=1S/C24H29N3O5/c25-14-17-11-15(1-2-21(17)32-18-4-7-29-8-5-18)16-3-6-26-22(12-16)27-23(28)19-13-20(19)24-30-9-10-31-24/h1-3,6,11-12,18-20,24H,4-5,7-10,13-14,25H2,(H,26,27,28)/t19-,20-/m1/s1. The van der Waals surface area contributed by atoms with Gasteiger partial charge < -0.3 is 30.0 Å². The van der Waals surface area contributed by atoms with Crippen molar-refractivity contribution in [1.82, 2.24) is 4.98 Å². The molecule has 1 aliphatic carbocycles. The van der Waals surface area contributed by atoms with Crippen LogP contribution in [-0.2, 0) is 25.5 Å². The van der Waals surface area contributed by atoms with Gasteiger partial charge in [0.05, 0.1) is 26.4 Å². The van der Waals surface area contributed by atoms with Crippen molar-refractivity contribution in [2.75, 3.05) is 31.7 Å². The van der Waals surface area contributed by atoms with Crippen LogP contribution < -0.4 is 15.8 Å². The number of anilines is 1. The first-order chi connectivity index (χ1) is 15.7. The van der Waals surface area contributed by atoms with E-state index in [1.807, 2.05) is 30.3 Å². The minimum Gasteiger partial charge on any atom is -0.490 e. The maximum atomic E-state index is 12.6. The van der Waals surface area contributed by atoms with Gasteiger partial charge in [0.1, 0.15) is 17.7 Å². The van der Waals surface area contributed by atoms with Gasteiger partial charge in [-0.15, -0.1) is 0 Å². The molecule has 1 aromatic heterocycles. The van der Waals surface area contributed by atoms with Crippen LogP contribution in [0.3, 0.4) is 0 Å². The summed E-state index contributed by atoms with van der Waals surface area (Å²) in [7, 11) is 0. The van der Waals surface area contributed by atoms with Gasteiger partial charge in [0.2, 0.25) is 5.91 Å². The van der Waals surface area contributed by atoms with E-state index in [0.717, 1.165) is 54.9 Å². The smallest absolute Gasteiger partial charge is 0.229 e. The van der Waals surface area contributed by atoms with Gasteiger partial charge in [-0.25, -0.2) is 4.98 Å². The predicted molar refractivity (Wildman–Crippen MR) is 118 cm³/mol. The second kappa shape index (κ2) is 9.54. The van der Waals surface area contributed by atoms with Gasteiger partial charge in [0, 0.05) is 43.0 Å². The molecule has 0 spiro atoms. The summed E-state index contributed by atoms with van der Waals surface area (Å²) < 4.78 is 22.6. The molecule has 8 heteroatoms. The molecule has 5 rings (SSSR count). The number of pyridine rings is 1. The van der Waals surface area contributed by atoms with Gasteiger partial charge in [-0.05, 0) is 41.8 Å². The van der Waals surface area contributed by atoms with Crippen molar-refractivity contribution in [2.45, 2.75) is 38.2 Å². The molecule has 170 valence electrons. The third-order valence-corrected chi connectivity index (χ3v) is 6.26. The molecule has 8 nitrogen and oxygen atoms in total. The number of amides is 1. The van der Waals surface area contributed by atoms with E-state index in [1.165, 1.54) is 0 Å². The number of hydrogen-bond acceptors (Lipinski definition) is 7. The average Bonchev–Trinajstić information content (AvgIpc) is 3.45. The maximum absolute atomic E-state index is 12.6. The Kier molecular flexibility index (Phi) is 6.36. The van der Waals surface area contributed by atoms with E-state index in [9.17, 15) is 4.79 Å². The fourth-order valence-electron chi connectivity index (χ4n) is 4.35. The Morgan fingerprint density at radius 2 is 1.88 bits per heavy atom. The van der Waals surface area contributed by atoms with Crippen molar-refractivity contribution in [1.29, 1.82) is 0 Å². The van der Waals surface area contributed by atoms with Crippen LogP contribution in [0.1, 0.15) is 24.8 Å². The lowest BCUT2D eigenvalue weighted by Crippen LogP contribution is -2.26. The molecule has 1 saturated carbocycles. The highest BCUT2D eigenvalue weighted by Gasteiger charge is 2.50. The van der Waals surface area contributed by atoms with Crippen LogP contribution in [0.15, 0.2) is 36.5 Å². The number of aromatic nitrogens is 1. The SMILES string of the molecule is NCc1cc(-c2ccnc(NC(=O)[C@@H]3C[C@H]3C3OCCO3)c2)ccc1OC1CCOCC1. The molecular weight excluding hydrogens is 410 g/mol. The summed E-state index contributed by atoms with van der Waals surface area (Å²) >= 11 is 0. The third kappa shape index (κ3) is 4.78. The van der Waals surface area contributed by atoms with E-state index in [2.05, 4.69) is 10.3 Å². The number of rotatable bonds is 7. The van der Waals surface area contributed by atoms with E-state index < -0.39 is 0 Å². The Balaban J connectivity index is 1.26. The number of benzene rings is 1. The normalized spacial score (nSPS) is 23.8. The number of carbonyl (C=O) groups excluding carboxylic acids is 1. The Morgan fingerprint density at radius 1 is 1.09 bits per heavy atom. The van der Waals surface area contributed by atoms with Crippen molar-refractivity contribution in [3.05, 3.63) is 42.1 Å². The number of nitrogens with one attached hydrogen (secondary N) is 1. The highest BCUT2D eigenvalue weighted by Crippen LogP contribution is 2.44. The Morgan fingerprint density at radius 3 is 2.66 bits per heavy atom. The zero-order valence-electron chi connectivity index (χ0n) is 18.0. The van der Waals surface area contributed by atoms with Crippen LogP contribution in [0.25, 0.3) is 11.1 Å². The Bertz CT molecular complexity index is 956. The summed E-state index contributed by atoms with van der Waals surface area (Å²) in [4.78, 5) is 16.9. The first kappa shape index (κ1) is 21.3. The average molecular weight is 440 g/mol. The number of ether oxygens (including phenoxy) is 4. The molecule has 3 fully saturated rings. The monoisotopic (exact) mass is 439 g/mol. The van der Waals surface area contributed by atoms with E-state index in [0.29, 0.717) is 25.6 Å². The number of carbonyl (C=O) groups is 1. The lowest BCUT2D eigenvalue weighted by molar-refractivity contribution is -0.119. The maximum Gasteiger partial charge on any atom is 0.229 e. The van der Waals surface area contributed by atoms with Crippen molar-refractivity contribution >= 4 is 11.7 Å². The summed E-state index contributed by atoms with van der Waals surface area (Å²) in [5.74, 6) is 1.36. The molecule has 0 bridgehead atoms. The lowest BCUT2D eigenvalue weighted by atomic mass is 10.0. The summed E-state index contributed by atoms with van der Waals surface area (Å²) in [6, 6.07) is 9.83. The second-order valence-electron chi connectivity index (χ2n) is 8.49. The van der Waals surface area contributed by atoms with Crippen LogP contribution in [0.4, 0.5) is 5.82 Å². The van der Waals surface area contributed by atoms with Crippen LogP contribution in [0.2, 0.25) is 0 Å². The summed E-state index contributed by atoms with van der Waals surface area (Å²) in [6.45, 7) is 3.05. The van der Waals surface area contributed by atoms with Gasteiger partial charge in [-0.2, -0.15) is 0 Å². The summed E-state index contributed by atoms with van der Waals surface area (Å²) in [5.41, 5.74) is 8.92.